The third kappa shape index (κ3) is 0.428. The summed E-state index contributed by atoms with van der Waals surface area (Å²) in [4.78, 5) is 0. The lowest BCUT2D eigenvalue weighted by molar-refractivity contribution is -0.143. The summed E-state index contributed by atoms with van der Waals surface area (Å²) < 4.78 is 2.68. The Morgan fingerprint density at radius 2 is 1.80 bits per heavy atom. The van der Waals surface area contributed by atoms with Gasteiger partial charge in [0.05, 0.1) is 6.42 Å². The van der Waals surface area contributed by atoms with Gasteiger partial charge in [-0.2, -0.15) is 0 Å². The van der Waals surface area contributed by atoms with E-state index in [1.165, 1.54) is 6.42 Å². The molecule has 0 radical (unpaired) electrons. The van der Waals surface area contributed by atoms with Crippen LogP contribution in [-0.2, 0) is 4.37 Å². The Morgan fingerprint density at radius 3 is 1.80 bits per heavy atom. The summed E-state index contributed by atoms with van der Waals surface area (Å²) in [5.74, 6) is 0. The topological polar surface area (TPSA) is 2.70 Å². The summed E-state index contributed by atoms with van der Waals surface area (Å²) in [5, 5.41) is 0. The molecule has 0 aromatic rings. The summed E-state index contributed by atoms with van der Waals surface area (Å²) in [6.07, 6.45) is 1.31. The average molecular weight is 72.1 g/mol. The number of hydrogen-bond donors (Lipinski definition) is 0. The molecule has 1 fully saturated rings. The van der Waals surface area contributed by atoms with Crippen LogP contribution in [0.4, 0.5) is 0 Å². The Morgan fingerprint density at radius 1 is 1.40 bits per heavy atom. The standard InChI is InChI=1S/C4H8O/c1-5-3-2-4-5/h1-4H2. The molecule has 1 aliphatic rings. The lowest BCUT2D eigenvalue weighted by Crippen LogP contribution is -2.22. The van der Waals surface area contributed by atoms with Gasteiger partial charge in [0.2, 0.25) is 0 Å². The van der Waals surface area contributed by atoms with Crippen molar-refractivity contribution in [1.82, 2.24) is 0 Å². The fraction of sp³-hybridized carbons (Fsp3) is 0.750. The molecule has 1 heterocycles. The lowest BCUT2D eigenvalue weighted by atomic mass is 10.4. The van der Waals surface area contributed by atoms with Crippen molar-refractivity contribution in [2.24, 2.45) is 0 Å². The molecular formula is C4H8O. The molecule has 0 amide bonds. The first-order valence-electron chi connectivity index (χ1n) is 1.87. The van der Waals surface area contributed by atoms with Crippen LogP contribution in [0.2, 0.25) is 0 Å². The molecule has 1 nitrogen and oxygen atoms in total. The first-order valence-corrected chi connectivity index (χ1v) is 1.87. The lowest BCUT2D eigenvalue weighted by Gasteiger charge is -2.29. The number of hydrogen-bond acceptors (Lipinski definition) is 0. The Kier molecular flexibility index (Phi) is 0.618. The van der Waals surface area contributed by atoms with E-state index in [4.69, 9.17) is 0 Å². The molecule has 0 aromatic heterocycles. The fourth-order valence-corrected chi connectivity index (χ4v) is 0.348. The van der Waals surface area contributed by atoms with E-state index < -0.39 is 0 Å². The van der Waals surface area contributed by atoms with Crippen molar-refractivity contribution in [1.29, 1.82) is 0 Å². The molecule has 30 valence electrons. The predicted octanol–water partition coefficient (Wildman–Crippen LogP) is 0.734. The summed E-state index contributed by atoms with van der Waals surface area (Å²) in [5.41, 5.74) is 0. The first-order chi connectivity index (χ1) is 2.39. The molecule has 1 aliphatic heterocycles. The average Bonchev–Trinajstić information content (AvgIpc) is 1.30. The summed E-state index contributed by atoms with van der Waals surface area (Å²) in [6.45, 7) is 2.25. The van der Waals surface area contributed by atoms with Gasteiger partial charge in [0, 0.05) is 0 Å². The molecule has 0 N–H and O–H groups in total. The van der Waals surface area contributed by atoms with Gasteiger partial charge >= 0.3 is 0 Å². The van der Waals surface area contributed by atoms with Gasteiger partial charge in [-0.3, -0.25) is 0 Å². The van der Waals surface area contributed by atoms with Crippen LogP contribution in [0, 0.1) is 7.11 Å². The second kappa shape index (κ2) is 0.977. The van der Waals surface area contributed by atoms with Crippen LogP contribution in [0.15, 0.2) is 0 Å². The normalized spacial score (nSPS) is 25.8. The minimum atomic E-state index is 1.12. The zero-order valence-corrected chi connectivity index (χ0v) is 3.24. The van der Waals surface area contributed by atoms with Gasteiger partial charge in [0.1, 0.15) is 13.2 Å². The van der Waals surface area contributed by atoms with E-state index in [0.717, 1.165) is 13.2 Å². The monoisotopic (exact) mass is 72.1 g/mol. The summed E-state index contributed by atoms with van der Waals surface area (Å²) >= 11 is 0. The van der Waals surface area contributed by atoms with E-state index in [9.17, 15) is 0 Å². The quantitative estimate of drug-likeness (QED) is 0.293. The summed E-state index contributed by atoms with van der Waals surface area (Å²) in [7, 11) is 3.59. The Hall–Kier alpha value is -0.0400. The molecule has 1 heteroatoms. The van der Waals surface area contributed by atoms with Gasteiger partial charge in [-0.25, -0.2) is 0 Å². The molecule has 0 unspecified atom stereocenters. The van der Waals surface area contributed by atoms with Crippen molar-refractivity contribution in [3.05, 3.63) is 7.11 Å². The van der Waals surface area contributed by atoms with Gasteiger partial charge in [0.15, 0.2) is 0 Å². The van der Waals surface area contributed by atoms with Crippen molar-refractivity contribution in [3.8, 4) is 0 Å². The molecule has 1 saturated heterocycles. The van der Waals surface area contributed by atoms with Crippen LogP contribution in [-0.4, -0.2) is 13.2 Å². The number of rotatable bonds is 0. The van der Waals surface area contributed by atoms with Crippen LogP contribution in [0.5, 0.6) is 0 Å². The largest absolute Gasteiger partial charge is 0.570 e. The highest BCUT2D eigenvalue weighted by molar-refractivity contribution is 4.51. The third-order valence-corrected chi connectivity index (χ3v) is 0.866. The Labute approximate surface area is 32.3 Å². The van der Waals surface area contributed by atoms with Crippen LogP contribution in [0.25, 0.3) is 0 Å². The fourth-order valence-electron chi connectivity index (χ4n) is 0.348. The van der Waals surface area contributed by atoms with Gasteiger partial charge < -0.3 is 4.37 Å². The van der Waals surface area contributed by atoms with E-state index in [-0.39, 0.29) is 0 Å². The first kappa shape index (κ1) is 3.16. The van der Waals surface area contributed by atoms with E-state index in [1.807, 2.05) is 0 Å². The molecule has 0 bridgehead atoms. The van der Waals surface area contributed by atoms with E-state index >= 15 is 0 Å². The highest BCUT2D eigenvalue weighted by Gasteiger charge is 2.06. The van der Waals surface area contributed by atoms with Crippen molar-refractivity contribution < 1.29 is 4.37 Å². The maximum Gasteiger partial charge on any atom is 0.127 e. The van der Waals surface area contributed by atoms with Gasteiger partial charge in [-0.15, -0.1) is 0 Å². The van der Waals surface area contributed by atoms with E-state index in [2.05, 4.69) is 11.5 Å². The van der Waals surface area contributed by atoms with Crippen molar-refractivity contribution in [2.75, 3.05) is 13.2 Å². The highest BCUT2D eigenvalue weighted by Crippen LogP contribution is 2.07. The summed E-state index contributed by atoms with van der Waals surface area (Å²) in [6, 6.07) is 0. The predicted molar refractivity (Wildman–Crippen MR) is 20.8 cm³/mol. The second-order valence-corrected chi connectivity index (χ2v) is 1.37. The maximum absolute atomic E-state index is 3.59. The molecule has 0 atom stereocenters. The molecule has 0 saturated carbocycles. The minimum absolute atomic E-state index is 1.12. The van der Waals surface area contributed by atoms with Crippen LogP contribution < -0.4 is 0 Å². The third-order valence-electron chi connectivity index (χ3n) is 0.866. The molecular weight excluding hydrogens is 64.0 g/mol. The SMILES string of the molecule is [CH2-][O+]1CCC1. The smallest absolute Gasteiger partial charge is 0.127 e. The molecule has 0 aliphatic carbocycles. The van der Waals surface area contributed by atoms with Gasteiger partial charge in [0.25, 0.3) is 0 Å². The Bertz CT molecular complexity index is 30.6. The van der Waals surface area contributed by atoms with Crippen LogP contribution in [0.3, 0.4) is 0 Å². The maximum atomic E-state index is 3.59. The molecule has 5 heavy (non-hydrogen) atoms. The second-order valence-electron chi connectivity index (χ2n) is 1.37. The van der Waals surface area contributed by atoms with Crippen molar-refractivity contribution in [2.45, 2.75) is 6.42 Å². The minimum Gasteiger partial charge on any atom is -0.570 e. The van der Waals surface area contributed by atoms with E-state index in [1.54, 1.807) is 0 Å². The van der Waals surface area contributed by atoms with E-state index in [0.29, 0.717) is 0 Å². The zero-order valence-electron chi connectivity index (χ0n) is 3.24. The van der Waals surface area contributed by atoms with Crippen LogP contribution in [0.1, 0.15) is 6.42 Å². The Balaban J connectivity index is 2.08. The van der Waals surface area contributed by atoms with Gasteiger partial charge in [-0.05, 0) is 0 Å². The highest BCUT2D eigenvalue weighted by atomic mass is 16.7. The zero-order chi connectivity index (χ0) is 3.70. The van der Waals surface area contributed by atoms with Crippen molar-refractivity contribution in [3.63, 3.8) is 0 Å². The van der Waals surface area contributed by atoms with Crippen molar-refractivity contribution >= 4 is 0 Å². The molecule has 1 rings (SSSR count). The van der Waals surface area contributed by atoms with Crippen LogP contribution >= 0.6 is 0 Å². The molecule has 0 spiro atoms. The van der Waals surface area contributed by atoms with Gasteiger partial charge in [-0.1, -0.05) is 7.11 Å². The molecule has 0 aromatic carbocycles.